The summed E-state index contributed by atoms with van der Waals surface area (Å²) in [7, 11) is 2.64. The second-order valence-electron chi connectivity index (χ2n) is 5.68. The van der Waals surface area contributed by atoms with E-state index in [1.165, 1.54) is 5.56 Å². The molecule has 1 unspecified atom stereocenters. The van der Waals surface area contributed by atoms with Gasteiger partial charge in [0, 0.05) is 12.6 Å². The fraction of sp³-hybridized carbons (Fsp3) is 0.316. The third kappa shape index (κ3) is 7.60. The summed E-state index contributed by atoms with van der Waals surface area (Å²) in [4.78, 5) is 0. The Hall–Kier alpha value is -2.06. The van der Waals surface area contributed by atoms with Gasteiger partial charge >= 0.3 is 0 Å². The molecule has 0 spiro atoms. The quantitative estimate of drug-likeness (QED) is 0.349. The van der Waals surface area contributed by atoms with Gasteiger partial charge in [-0.2, -0.15) is 0 Å². The summed E-state index contributed by atoms with van der Waals surface area (Å²) in [6.45, 7) is 2.93. The Morgan fingerprint density at radius 1 is 1.26 bits per heavy atom. The molecule has 0 aliphatic carbocycles. The highest BCUT2D eigenvalue weighted by molar-refractivity contribution is 8.16. The summed E-state index contributed by atoms with van der Waals surface area (Å²) in [5.74, 6) is 1.68. The first-order chi connectivity index (χ1) is 13.6. The molecule has 0 aromatic heterocycles. The zero-order valence-corrected chi connectivity index (χ0v) is 17.0. The van der Waals surface area contributed by atoms with E-state index in [1.807, 2.05) is 25.1 Å². The van der Waals surface area contributed by atoms with Crippen LogP contribution in [0, 0.1) is 0 Å². The highest BCUT2D eigenvalue weighted by Crippen LogP contribution is 2.32. The molecule has 2 aromatic rings. The van der Waals surface area contributed by atoms with Gasteiger partial charge in [0.2, 0.25) is 7.09 Å². The van der Waals surface area contributed by atoms with Crippen molar-refractivity contribution in [3.05, 3.63) is 54.1 Å². The third-order valence-electron chi connectivity index (χ3n) is 3.59. The Balaban J connectivity index is 1.72. The number of ether oxygens (including phenoxy) is 3. The first-order valence-corrected chi connectivity index (χ1v) is 9.66. The topological polar surface area (TPSA) is 49.0 Å². The van der Waals surface area contributed by atoms with Crippen LogP contribution in [-0.4, -0.2) is 40.0 Å². The number of methoxy groups -OCH3 is 1. The lowest BCUT2D eigenvalue weighted by Gasteiger charge is -2.17. The van der Waals surface area contributed by atoms with Crippen molar-refractivity contribution in [2.75, 3.05) is 20.3 Å². The zero-order valence-electron chi connectivity index (χ0n) is 16.3. The van der Waals surface area contributed by atoms with Crippen LogP contribution in [-0.2, 0) is 11.2 Å². The Morgan fingerprint density at radius 2 is 2.07 bits per heavy atom. The van der Waals surface area contributed by atoms with Crippen molar-refractivity contribution in [1.29, 1.82) is 1.34 Å². The fourth-order valence-corrected chi connectivity index (χ4v) is 2.79. The number of hydrogen-bond donors (Lipinski definition) is 1. The molecule has 0 amide bonds. The summed E-state index contributed by atoms with van der Waals surface area (Å²) in [5.41, 5.74) is 1.24. The van der Waals surface area contributed by atoms with E-state index in [4.69, 9.17) is 31.9 Å². The molecule has 5 nitrogen and oxygen atoms in total. The maximum absolute atomic E-state index is 6.99. The maximum atomic E-state index is 6.99. The molecule has 143 valence electrons. The van der Waals surface area contributed by atoms with E-state index >= 15 is 0 Å². The van der Waals surface area contributed by atoms with Gasteiger partial charge in [-0.15, -0.1) is 0 Å². The van der Waals surface area contributed by atoms with Gasteiger partial charge < -0.3 is 23.7 Å². The van der Waals surface area contributed by atoms with Gasteiger partial charge in [-0.05, 0) is 56.5 Å². The van der Waals surface area contributed by atoms with Crippen LogP contribution < -0.4 is 19.0 Å². The standard InChI is InChI=1S/C19H23BNO4S2/c1-14(24-19(26)21-11-10-15-6-4-3-5-7-15)13-23-16-8-9-17(25-27-20)18(12-16)22-2/h3-9,12,14,20H,10-11,13H2,1-2H3,(H,21,26)/i20T. The van der Waals surface area contributed by atoms with E-state index in [9.17, 15) is 0 Å². The third-order valence-corrected chi connectivity index (χ3v) is 4.11. The molecule has 8 heteroatoms. The van der Waals surface area contributed by atoms with E-state index in [-0.39, 0.29) is 6.10 Å². The molecule has 27 heavy (non-hydrogen) atoms. The zero-order chi connectivity index (χ0) is 20.2. The van der Waals surface area contributed by atoms with Gasteiger partial charge in [-0.1, -0.05) is 30.3 Å². The summed E-state index contributed by atoms with van der Waals surface area (Å²) in [6, 6.07) is 15.4. The number of thiocarbonyl (C=S) groups is 1. The van der Waals surface area contributed by atoms with Crippen LogP contribution in [0.1, 0.15) is 12.5 Å². The molecule has 0 aliphatic heterocycles. The smallest absolute Gasteiger partial charge is 0.257 e. The predicted molar refractivity (Wildman–Crippen MR) is 115 cm³/mol. The minimum atomic E-state index is -0.216. The van der Waals surface area contributed by atoms with Crippen molar-refractivity contribution in [2.45, 2.75) is 19.4 Å². The number of benzene rings is 2. The van der Waals surface area contributed by atoms with Crippen molar-refractivity contribution in [3.8, 4) is 17.2 Å². The monoisotopic (exact) mass is 406 g/mol. The van der Waals surface area contributed by atoms with Crippen LogP contribution in [0.15, 0.2) is 48.5 Å². The van der Waals surface area contributed by atoms with E-state index < -0.39 is 0 Å². The van der Waals surface area contributed by atoms with Crippen LogP contribution in [0.25, 0.3) is 0 Å². The van der Waals surface area contributed by atoms with Gasteiger partial charge in [0.05, 0.1) is 7.11 Å². The molecular weight excluding hydrogens is 381 g/mol. The van der Waals surface area contributed by atoms with Crippen molar-refractivity contribution in [1.82, 2.24) is 5.32 Å². The Labute approximate surface area is 172 Å². The SMILES string of the molecule is [3H][B]SOc1ccc(OCC(C)OC(=S)NCCc2ccccc2)cc1OC. The average molecular weight is 406 g/mol. The Morgan fingerprint density at radius 3 is 2.81 bits per heavy atom. The van der Waals surface area contributed by atoms with Crippen LogP contribution >= 0.6 is 24.1 Å². The molecule has 2 aromatic carbocycles. The van der Waals surface area contributed by atoms with E-state index in [2.05, 4.69) is 17.4 Å². The van der Waals surface area contributed by atoms with Crippen molar-refractivity contribution in [3.63, 3.8) is 0 Å². The normalized spacial score (nSPS) is 11.7. The molecule has 0 saturated heterocycles. The molecular formula is C19H23BNO4S2. The van der Waals surface area contributed by atoms with E-state index in [0.717, 1.165) is 25.4 Å². The predicted octanol–water partition coefficient (Wildman–Crippen LogP) is 3.44. The summed E-state index contributed by atoms with van der Waals surface area (Å²) in [5, 5.41) is 3.46. The Bertz CT molecular complexity index is 739. The number of rotatable bonds is 11. The lowest BCUT2D eigenvalue weighted by Crippen LogP contribution is -2.31. The second-order valence-corrected chi connectivity index (χ2v) is 6.41. The summed E-state index contributed by atoms with van der Waals surface area (Å²) >= 11 is 6.13. The lowest BCUT2D eigenvalue weighted by molar-refractivity contribution is 0.131. The molecule has 1 radical (unpaired) electrons. The van der Waals surface area contributed by atoms with Crippen molar-refractivity contribution in [2.24, 2.45) is 0 Å². The van der Waals surface area contributed by atoms with Crippen LogP contribution in [0.2, 0.25) is 0 Å². The van der Waals surface area contributed by atoms with Gasteiger partial charge in [-0.25, -0.2) is 0 Å². The minimum Gasteiger partial charge on any atom is -0.493 e. The highest BCUT2D eigenvalue weighted by atomic mass is 32.2. The maximum Gasteiger partial charge on any atom is 0.257 e. The summed E-state index contributed by atoms with van der Waals surface area (Å²) in [6.07, 6.45) is 0.659. The molecule has 0 heterocycles. The van der Waals surface area contributed by atoms with Crippen molar-refractivity contribution < 1.29 is 18.4 Å². The molecule has 0 bridgehead atoms. The van der Waals surface area contributed by atoms with E-state index in [0.29, 0.717) is 35.6 Å². The van der Waals surface area contributed by atoms with Crippen LogP contribution in [0.3, 0.4) is 0 Å². The molecule has 1 N–H and O–H groups in total. The van der Waals surface area contributed by atoms with Gasteiger partial charge in [-0.3, -0.25) is 0 Å². The molecule has 0 saturated carbocycles. The first-order valence-electron chi connectivity index (χ1n) is 9.02. The fourth-order valence-electron chi connectivity index (χ4n) is 2.28. The lowest BCUT2D eigenvalue weighted by atomic mass is 10.2. The van der Waals surface area contributed by atoms with Gasteiger partial charge in [0.15, 0.2) is 11.5 Å². The molecule has 0 aliphatic rings. The average Bonchev–Trinajstić information content (AvgIpc) is 2.71. The van der Waals surface area contributed by atoms with Gasteiger partial charge in [0.25, 0.3) is 5.17 Å². The highest BCUT2D eigenvalue weighted by Gasteiger charge is 2.10. The first kappa shape index (κ1) is 19.7. The van der Waals surface area contributed by atoms with Crippen LogP contribution in [0.5, 0.6) is 17.2 Å². The van der Waals surface area contributed by atoms with Crippen LogP contribution in [0.4, 0.5) is 0 Å². The second kappa shape index (κ2) is 11.6. The van der Waals surface area contributed by atoms with Crippen molar-refractivity contribution >= 4 is 36.4 Å². The molecule has 0 fully saturated rings. The number of hydrogen-bond acceptors (Lipinski definition) is 6. The minimum absolute atomic E-state index is 0.216. The molecule has 1 atom stereocenters. The van der Waals surface area contributed by atoms with E-state index in [1.54, 1.807) is 25.3 Å². The number of nitrogens with one attached hydrogen (secondary N) is 1. The Kier molecular flexibility index (Phi) is 8.47. The largest absolute Gasteiger partial charge is 0.493 e. The summed E-state index contributed by atoms with van der Waals surface area (Å²) < 4.78 is 29.0. The molecule has 2 rings (SSSR count). The van der Waals surface area contributed by atoms with Gasteiger partial charge in [0.1, 0.15) is 18.5 Å².